The Morgan fingerprint density at radius 3 is 2.23 bits per heavy atom. The number of nitrogens with zero attached hydrogens (tertiary/aromatic N) is 2. The van der Waals surface area contributed by atoms with Crippen LogP contribution in [0.4, 0.5) is 14.9 Å². The van der Waals surface area contributed by atoms with Gasteiger partial charge in [-0.1, -0.05) is 23.2 Å². The van der Waals surface area contributed by atoms with Crippen LogP contribution in [0, 0.1) is 5.82 Å². The van der Waals surface area contributed by atoms with E-state index in [0.29, 0.717) is 10.7 Å². The van der Waals surface area contributed by atoms with E-state index in [-0.39, 0.29) is 35.8 Å². The van der Waals surface area contributed by atoms with Crippen molar-refractivity contribution < 1.29 is 18.8 Å². The van der Waals surface area contributed by atoms with E-state index in [1.165, 1.54) is 40.1 Å². The fourth-order valence-corrected chi connectivity index (χ4v) is 4.70. The summed E-state index contributed by atoms with van der Waals surface area (Å²) in [5, 5.41) is 6.30. The summed E-state index contributed by atoms with van der Waals surface area (Å²) in [6.45, 7) is 0.270. The van der Waals surface area contributed by atoms with Crippen LogP contribution >= 0.6 is 23.2 Å². The molecule has 2 aliphatic rings. The van der Waals surface area contributed by atoms with Crippen molar-refractivity contribution in [3.05, 3.63) is 63.9 Å². The number of urea groups is 1. The molecule has 1 heterocycles. The lowest BCUT2D eigenvalue weighted by Crippen LogP contribution is -2.56. The Kier molecular flexibility index (Phi) is 7.78. The first-order valence-corrected chi connectivity index (χ1v) is 12.1. The van der Waals surface area contributed by atoms with Crippen molar-refractivity contribution in [2.45, 2.75) is 43.9 Å². The molecule has 1 aliphatic carbocycles. The van der Waals surface area contributed by atoms with Crippen molar-refractivity contribution in [2.24, 2.45) is 5.73 Å². The number of halogens is 3. The number of nitrogens with one attached hydrogen (secondary N) is 2. The number of anilines is 1. The van der Waals surface area contributed by atoms with Crippen molar-refractivity contribution in [1.82, 2.24) is 15.1 Å². The zero-order valence-electron chi connectivity index (χ0n) is 18.8. The Morgan fingerprint density at radius 1 is 0.914 bits per heavy atom. The molecule has 1 saturated heterocycles. The molecule has 1 aliphatic heterocycles. The third-order valence-corrected chi connectivity index (χ3v) is 7.05. The number of carbonyl (C=O) groups excluding carboxylic acids is 3. The predicted molar refractivity (Wildman–Crippen MR) is 132 cm³/mol. The van der Waals surface area contributed by atoms with E-state index in [1.54, 1.807) is 12.1 Å². The van der Waals surface area contributed by atoms with Gasteiger partial charge in [-0.15, -0.1) is 0 Å². The van der Waals surface area contributed by atoms with Gasteiger partial charge in [0.15, 0.2) is 6.17 Å². The van der Waals surface area contributed by atoms with Crippen LogP contribution in [0.5, 0.6) is 0 Å². The maximum atomic E-state index is 13.4. The molecular weight excluding hydrogens is 496 g/mol. The minimum absolute atomic E-state index is 0.0920. The van der Waals surface area contributed by atoms with Crippen LogP contribution in [0.1, 0.15) is 36.0 Å². The van der Waals surface area contributed by atoms with Crippen molar-refractivity contribution >= 4 is 46.7 Å². The topological polar surface area (TPSA) is 108 Å². The molecule has 1 unspecified atom stereocenters. The molecule has 0 radical (unpaired) electrons. The SMILES string of the molecule is NC1CCC(NC(=O)C2N(C(=O)Nc3ccc(Cl)c(Cl)c3)CCN2C(=O)c2ccc(F)cc2)CC1. The smallest absolute Gasteiger partial charge is 0.323 e. The summed E-state index contributed by atoms with van der Waals surface area (Å²) in [7, 11) is 0. The molecule has 11 heteroatoms. The highest BCUT2D eigenvalue weighted by Gasteiger charge is 2.43. The molecule has 2 aromatic rings. The number of carbonyl (C=O) groups is 3. The lowest BCUT2D eigenvalue weighted by Gasteiger charge is -2.32. The van der Waals surface area contributed by atoms with Crippen molar-refractivity contribution in [2.75, 3.05) is 18.4 Å². The quantitative estimate of drug-likeness (QED) is 0.567. The molecule has 4 amide bonds. The van der Waals surface area contributed by atoms with Gasteiger partial charge in [0, 0.05) is 36.4 Å². The van der Waals surface area contributed by atoms with E-state index in [9.17, 15) is 18.8 Å². The molecule has 1 saturated carbocycles. The zero-order chi connectivity index (χ0) is 25.1. The van der Waals surface area contributed by atoms with Gasteiger partial charge in [0.1, 0.15) is 5.82 Å². The summed E-state index contributed by atoms with van der Waals surface area (Å²) in [5.41, 5.74) is 6.59. The summed E-state index contributed by atoms with van der Waals surface area (Å²) in [5.74, 6) is -1.40. The second-order valence-electron chi connectivity index (χ2n) is 8.75. The third-order valence-electron chi connectivity index (χ3n) is 6.31. The minimum Gasteiger partial charge on any atom is -0.350 e. The zero-order valence-corrected chi connectivity index (χ0v) is 20.4. The second kappa shape index (κ2) is 10.8. The van der Waals surface area contributed by atoms with Gasteiger partial charge in [-0.05, 0) is 68.1 Å². The fourth-order valence-electron chi connectivity index (χ4n) is 4.40. The van der Waals surface area contributed by atoms with E-state index in [2.05, 4.69) is 10.6 Å². The van der Waals surface area contributed by atoms with Crippen LogP contribution in [0.2, 0.25) is 10.0 Å². The van der Waals surface area contributed by atoms with E-state index in [4.69, 9.17) is 28.9 Å². The largest absolute Gasteiger partial charge is 0.350 e. The van der Waals surface area contributed by atoms with Crippen LogP contribution in [0.3, 0.4) is 0 Å². The van der Waals surface area contributed by atoms with Gasteiger partial charge in [0.05, 0.1) is 10.0 Å². The van der Waals surface area contributed by atoms with Crippen LogP contribution in [-0.2, 0) is 4.79 Å². The first kappa shape index (κ1) is 25.2. The molecule has 1 atom stereocenters. The highest BCUT2D eigenvalue weighted by Crippen LogP contribution is 2.26. The Labute approximate surface area is 212 Å². The van der Waals surface area contributed by atoms with E-state index in [0.717, 1.165) is 25.7 Å². The van der Waals surface area contributed by atoms with E-state index >= 15 is 0 Å². The molecule has 35 heavy (non-hydrogen) atoms. The molecule has 0 bridgehead atoms. The Balaban J connectivity index is 1.55. The molecule has 2 aromatic carbocycles. The number of hydrogen-bond acceptors (Lipinski definition) is 4. The maximum absolute atomic E-state index is 13.4. The Morgan fingerprint density at radius 2 is 1.57 bits per heavy atom. The standard InChI is InChI=1S/C24H26Cl2FN5O3/c25-19-10-9-18(13-20(19)26)30-24(35)32-12-11-31(23(34)14-1-3-15(27)4-2-14)22(32)21(33)29-17-7-5-16(28)6-8-17/h1-4,9-10,13,16-17,22H,5-8,11-12,28H2,(H,29,33)(H,30,35). The van der Waals surface area contributed by atoms with Crippen LogP contribution in [0.15, 0.2) is 42.5 Å². The monoisotopic (exact) mass is 521 g/mol. The molecule has 8 nitrogen and oxygen atoms in total. The summed E-state index contributed by atoms with van der Waals surface area (Å²) in [6, 6.07) is 9.15. The Bertz CT molecular complexity index is 1110. The maximum Gasteiger partial charge on any atom is 0.323 e. The van der Waals surface area contributed by atoms with Crippen molar-refractivity contribution in [3.63, 3.8) is 0 Å². The summed E-state index contributed by atoms with van der Waals surface area (Å²) >= 11 is 12.0. The first-order valence-electron chi connectivity index (χ1n) is 11.4. The molecule has 4 rings (SSSR count). The predicted octanol–water partition coefficient (Wildman–Crippen LogP) is 3.83. The van der Waals surface area contributed by atoms with Gasteiger partial charge < -0.3 is 21.3 Å². The van der Waals surface area contributed by atoms with Gasteiger partial charge in [-0.3, -0.25) is 14.5 Å². The average Bonchev–Trinajstić information content (AvgIpc) is 3.28. The highest BCUT2D eigenvalue weighted by molar-refractivity contribution is 6.42. The first-order chi connectivity index (χ1) is 16.7. The van der Waals surface area contributed by atoms with E-state index < -0.39 is 29.8 Å². The second-order valence-corrected chi connectivity index (χ2v) is 9.57. The van der Waals surface area contributed by atoms with Gasteiger partial charge in [-0.2, -0.15) is 0 Å². The normalized spacial score (nSPS) is 22.1. The summed E-state index contributed by atoms with van der Waals surface area (Å²) < 4.78 is 13.4. The highest BCUT2D eigenvalue weighted by atomic mass is 35.5. The Hall–Kier alpha value is -2.88. The van der Waals surface area contributed by atoms with Crippen LogP contribution in [0.25, 0.3) is 0 Å². The molecule has 2 fully saturated rings. The van der Waals surface area contributed by atoms with E-state index in [1.807, 2.05) is 0 Å². The van der Waals surface area contributed by atoms with Crippen LogP contribution < -0.4 is 16.4 Å². The fraction of sp³-hybridized carbons (Fsp3) is 0.375. The molecule has 0 spiro atoms. The average molecular weight is 522 g/mol. The number of benzene rings is 2. The van der Waals surface area contributed by atoms with Gasteiger partial charge in [0.25, 0.3) is 11.8 Å². The lowest BCUT2D eigenvalue weighted by molar-refractivity contribution is -0.128. The number of amides is 4. The van der Waals surface area contributed by atoms with Crippen molar-refractivity contribution in [1.29, 1.82) is 0 Å². The number of rotatable bonds is 4. The van der Waals surface area contributed by atoms with Crippen LogP contribution in [-0.4, -0.2) is 59.0 Å². The van der Waals surface area contributed by atoms with Gasteiger partial charge >= 0.3 is 6.03 Å². The lowest BCUT2D eigenvalue weighted by atomic mass is 9.92. The molecule has 0 aromatic heterocycles. The minimum atomic E-state index is -1.18. The summed E-state index contributed by atoms with van der Waals surface area (Å²) in [6.07, 6.45) is 1.85. The summed E-state index contributed by atoms with van der Waals surface area (Å²) in [4.78, 5) is 42.4. The van der Waals surface area contributed by atoms with Gasteiger partial charge in [0.2, 0.25) is 0 Å². The third kappa shape index (κ3) is 5.86. The van der Waals surface area contributed by atoms with Crippen molar-refractivity contribution in [3.8, 4) is 0 Å². The molecular formula is C24H26Cl2FN5O3. The van der Waals surface area contributed by atoms with Gasteiger partial charge in [-0.25, -0.2) is 9.18 Å². The molecule has 186 valence electrons. The number of nitrogens with two attached hydrogens (primary N) is 1. The molecule has 4 N–H and O–H groups in total. The number of hydrogen-bond donors (Lipinski definition) is 3.